The van der Waals surface area contributed by atoms with E-state index in [4.69, 9.17) is 5.73 Å². The summed E-state index contributed by atoms with van der Waals surface area (Å²) in [5, 5.41) is 0. The summed E-state index contributed by atoms with van der Waals surface area (Å²) >= 11 is 3.46. The molecule has 0 amide bonds. The lowest BCUT2D eigenvalue weighted by atomic mass is 9.97. The predicted octanol–water partition coefficient (Wildman–Crippen LogP) is 2.62. The van der Waals surface area contributed by atoms with Crippen LogP contribution in [0.4, 0.5) is 0 Å². The van der Waals surface area contributed by atoms with Crippen LogP contribution in [0, 0.1) is 5.92 Å². The average molecular weight is 283 g/mol. The van der Waals surface area contributed by atoms with Crippen LogP contribution < -0.4 is 5.73 Å². The fourth-order valence-electron chi connectivity index (χ4n) is 2.23. The van der Waals surface area contributed by atoms with Gasteiger partial charge in [0.05, 0.1) is 0 Å². The summed E-state index contributed by atoms with van der Waals surface area (Å²) in [6.45, 7) is 4.31. The van der Waals surface area contributed by atoms with Crippen molar-refractivity contribution < 1.29 is 0 Å². The van der Waals surface area contributed by atoms with Gasteiger partial charge in [0.15, 0.2) is 0 Å². The van der Waals surface area contributed by atoms with E-state index in [-0.39, 0.29) is 0 Å². The van der Waals surface area contributed by atoms with Crippen LogP contribution in [0.15, 0.2) is 28.7 Å². The van der Waals surface area contributed by atoms with Crippen LogP contribution in [0.3, 0.4) is 0 Å². The molecule has 1 heterocycles. The van der Waals surface area contributed by atoms with Gasteiger partial charge in [0.1, 0.15) is 0 Å². The molecule has 0 bridgehead atoms. The summed E-state index contributed by atoms with van der Waals surface area (Å²) in [5.41, 5.74) is 7.09. The molecule has 1 aromatic carbocycles. The van der Waals surface area contributed by atoms with Crippen LogP contribution in [-0.2, 0) is 6.54 Å². The second-order valence-electron chi connectivity index (χ2n) is 4.58. The summed E-state index contributed by atoms with van der Waals surface area (Å²) in [7, 11) is 0. The first-order valence-electron chi connectivity index (χ1n) is 5.95. The van der Waals surface area contributed by atoms with E-state index in [0.29, 0.717) is 0 Å². The monoisotopic (exact) mass is 282 g/mol. The normalized spacial score (nSPS) is 18.9. The lowest BCUT2D eigenvalue weighted by Gasteiger charge is -2.31. The van der Waals surface area contributed by atoms with E-state index in [1.54, 1.807) is 0 Å². The SMILES string of the molecule is NCC1CCN(Cc2ccc(Br)cc2)CC1. The highest BCUT2D eigenvalue weighted by atomic mass is 79.9. The zero-order chi connectivity index (χ0) is 11.4. The average Bonchev–Trinajstić information content (AvgIpc) is 2.33. The van der Waals surface area contributed by atoms with Gasteiger partial charge in [-0.1, -0.05) is 28.1 Å². The predicted molar refractivity (Wildman–Crippen MR) is 71.2 cm³/mol. The Kier molecular flexibility index (Phi) is 4.38. The van der Waals surface area contributed by atoms with Crippen molar-refractivity contribution in [1.29, 1.82) is 0 Å². The summed E-state index contributed by atoms with van der Waals surface area (Å²) in [5.74, 6) is 0.751. The van der Waals surface area contributed by atoms with Gasteiger partial charge < -0.3 is 5.73 Å². The molecule has 0 aromatic heterocycles. The Hall–Kier alpha value is -0.380. The van der Waals surface area contributed by atoms with Gasteiger partial charge in [-0.2, -0.15) is 0 Å². The van der Waals surface area contributed by atoms with Crippen LogP contribution in [0.1, 0.15) is 18.4 Å². The molecule has 88 valence electrons. The van der Waals surface area contributed by atoms with E-state index in [1.807, 2.05) is 0 Å². The van der Waals surface area contributed by atoms with Crippen molar-refractivity contribution >= 4 is 15.9 Å². The number of hydrogen-bond donors (Lipinski definition) is 1. The van der Waals surface area contributed by atoms with Crippen LogP contribution in [0.5, 0.6) is 0 Å². The zero-order valence-electron chi connectivity index (χ0n) is 9.53. The number of halogens is 1. The Morgan fingerprint density at radius 1 is 1.19 bits per heavy atom. The van der Waals surface area contributed by atoms with Crippen LogP contribution >= 0.6 is 15.9 Å². The Labute approximate surface area is 106 Å². The maximum Gasteiger partial charge on any atom is 0.0233 e. The third-order valence-electron chi connectivity index (χ3n) is 3.36. The van der Waals surface area contributed by atoms with Crippen molar-refractivity contribution in [2.45, 2.75) is 19.4 Å². The third kappa shape index (κ3) is 3.30. The molecule has 0 atom stereocenters. The van der Waals surface area contributed by atoms with Gasteiger partial charge in [-0.05, 0) is 56.1 Å². The van der Waals surface area contributed by atoms with Gasteiger partial charge in [-0.25, -0.2) is 0 Å². The van der Waals surface area contributed by atoms with Gasteiger partial charge in [-0.15, -0.1) is 0 Å². The molecule has 2 N–H and O–H groups in total. The number of likely N-dealkylation sites (tertiary alicyclic amines) is 1. The summed E-state index contributed by atoms with van der Waals surface area (Å²) < 4.78 is 1.15. The Balaban J connectivity index is 1.84. The largest absolute Gasteiger partial charge is 0.330 e. The molecule has 0 unspecified atom stereocenters. The summed E-state index contributed by atoms with van der Waals surface area (Å²) in [4.78, 5) is 2.52. The number of nitrogens with two attached hydrogens (primary N) is 1. The van der Waals surface area contributed by atoms with E-state index in [2.05, 4.69) is 45.1 Å². The Morgan fingerprint density at radius 2 is 1.81 bits per heavy atom. The van der Waals surface area contributed by atoms with Crippen molar-refractivity contribution in [2.75, 3.05) is 19.6 Å². The molecule has 16 heavy (non-hydrogen) atoms. The van der Waals surface area contributed by atoms with Crippen molar-refractivity contribution in [3.05, 3.63) is 34.3 Å². The first-order chi connectivity index (χ1) is 7.78. The highest BCUT2D eigenvalue weighted by Crippen LogP contribution is 2.18. The molecule has 0 saturated carbocycles. The number of piperidine rings is 1. The molecule has 0 radical (unpaired) electrons. The van der Waals surface area contributed by atoms with E-state index >= 15 is 0 Å². The van der Waals surface area contributed by atoms with E-state index < -0.39 is 0 Å². The zero-order valence-corrected chi connectivity index (χ0v) is 11.1. The number of nitrogens with zero attached hydrogens (tertiary/aromatic N) is 1. The molecule has 3 heteroatoms. The van der Waals surface area contributed by atoms with Gasteiger partial charge in [-0.3, -0.25) is 4.90 Å². The van der Waals surface area contributed by atoms with Crippen molar-refractivity contribution in [3.63, 3.8) is 0 Å². The molecule has 1 aliphatic heterocycles. The quantitative estimate of drug-likeness (QED) is 0.924. The molecule has 1 fully saturated rings. The van der Waals surface area contributed by atoms with Gasteiger partial charge in [0.25, 0.3) is 0 Å². The van der Waals surface area contributed by atoms with Gasteiger partial charge in [0, 0.05) is 11.0 Å². The standard InChI is InChI=1S/C13H19BrN2/c14-13-3-1-12(2-4-13)10-16-7-5-11(9-15)6-8-16/h1-4,11H,5-10,15H2. The lowest BCUT2D eigenvalue weighted by Crippen LogP contribution is -2.35. The molecule has 1 aliphatic rings. The highest BCUT2D eigenvalue weighted by Gasteiger charge is 2.17. The van der Waals surface area contributed by atoms with Crippen LogP contribution in [0.25, 0.3) is 0 Å². The molecule has 1 aromatic rings. The highest BCUT2D eigenvalue weighted by molar-refractivity contribution is 9.10. The topological polar surface area (TPSA) is 29.3 Å². The van der Waals surface area contributed by atoms with Crippen LogP contribution in [-0.4, -0.2) is 24.5 Å². The summed E-state index contributed by atoms with van der Waals surface area (Å²) in [6.07, 6.45) is 2.51. The molecule has 0 spiro atoms. The second kappa shape index (κ2) is 5.80. The fraction of sp³-hybridized carbons (Fsp3) is 0.538. The first-order valence-corrected chi connectivity index (χ1v) is 6.74. The van der Waals surface area contributed by atoms with Crippen LogP contribution in [0.2, 0.25) is 0 Å². The summed E-state index contributed by atoms with van der Waals surface area (Å²) in [6, 6.07) is 8.61. The fourth-order valence-corrected chi connectivity index (χ4v) is 2.49. The lowest BCUT2D eigenvalue weighted by molar-refractivity contribution is 0.180. The molecule has 2 nitrogen and oxygen atoms in total. The number of benzene rings is 1. The Morgan fingerprint density at radius 3 is 2.38 bits per heavy atom. The van der Waals surface area contributed by atoms with Gasteiger partial charge in [0.2, 0.25) is 0 Å². The number of hydrogen-bond acceptors (Lipinski definition) is 2. The van der Waals surface area contributed by atoms with Crippen molar-refractivity contribution in [2.24, 2.45) is 11.7 Å². The van der Waals surface area contributed by atoms with E-state index in [9.17, 15) is 0 Å². The number of rotatable bonds is 3. The Bertz CT molecular complexity index is 315. The smallest absolute Gasteiger partial charge is 0.0233 e. The maximum atomic E-state index is 5.69. The molecule has 1 saturated heterocycles. The molecule has 0 aliphatic carbocycles. The molecular formula is C13H19BrN2. The van der Waals surface area contributed by atoms with Gasteiger partial charge >= 0.3 is 0 Å². The molecule has 2 rings (SSSR count). The third-order valence-corrected chi connectivity index (χ3v) is 3.89. The van der Waals surface area contributed by atoms with Crippen molar-refractivity contribution in [3.8, 4) is 0 Å². The maximum absolute atomic E-state index is 5.69. The van der Waals surface area contributed by atoms with E-state index in [1.165, 1.54) is 31.5 Å². The molecular weight excluding hydrogens is 264 g/mol. The first kappa shape index (κ1) is 12.1. The minimum atomic E-state index is 0.751. The van der Waals surface area contributed by atoms with E-state index in [0.717, 1.165) is 23.5 Å². The second-order valence-corrected chi connectivity index (χ2v) is 5.50. The van der Waals surface area contributed by atoms with Crippen molar-refractivity contribution in [1.82, 2.24) is 4.90 Å². The minimum absolute atomic E-state index is 0.751. The minimum Gasteiger partial charge on any atom is -0.330 e.